The predicted octanol–water partition coefficient (Wildman–Crippen LogP) is 1.79. The van der Waals surface area contributed by atoms with Crippen LogP contribution < -0.4 is 11.2 Å². The summed E-state index contributed by atoms with van der Waals surface area (Å²) in [6, 6.07) is 4.93. The standard InChI is InChI=1S/C21H25ClN4O5/c1-4-25-19(28)17(18(27)24-10-6-7-14(12-24)20(29)31-5-2)23-26(21(25)30)15-9-8-13(3)16(22)11-15/h8-9,11,14H,4-7,10,12H2,1-3H3. The first-order valence-electron chi connectivity index (χ1n) is 10.2. The number of halogens is 1. The number of hydrogen-bond donors (Lipinski definition) is 0. The van der Waals surface area contributed by atoms with Crippen LogP contribution in [0.3, 0.4) is 0 Å². The second kappa shape index (κ2) is 9.47. The number of aryl methyl sites for hydroxylation is 1. The summed E-state index contributed by atoms with van der Waals surface area (Å²) in [6.07, 6.45) is 1.21. The van der Waals surface area contributed by atoms with E-state index in [1.165, 1.54) is 4.90 Å². The molecule has 2 aromatic rings. The van der Waals surface area contributed by atoms with Crippen molar-refractivity contribution in [3.63, 3.8) is 0 Å². The Balaban J connectivity index is 2.03. The molecule has 0 bridgehead atoms. The van der Waals surface area contributed by atoms with Gasteiger partial charge in [0, 0.05) is 24.7 Å². The van der Waals surface area contributed by atoms with Gasteiger partial charge in [-0.25, -0.2) is 4.79 Å². The summed E-state index contributed by atoms with van der Waals surface area (Å²) in [6.45, 7) is 6.04. The van der Waals surface area contributed by atoms with Crippen LogP contribution in [0.15, 0.2) is 27.8 Å². The van der Waals surface area contributed by atoms with Gasteiger partial charge in [-0.3, -0.25) is 19.0 Å². The number of rotatable bonds is 5. The quantitative estimate of drug-likeness (QED) is 0.646. The molecule has 0 spiro atoms. The van der Waals surface area contributed by atoms with E-state index in [4.69, 9.17) is 16.3 Å². The molecule has 1 fully saturated rings. The Hall–Kier alpha value is -2.94. The van der Waals surface area contributed by atoms with Crippen LogP contribution in [0.25, 0.3) is 5.69 Å². The van der Waals surface area contributed by atoms with Crippen LogP contribution in [0.4, 0.5) is 0 Å². The summed E-state index contributed by atoms with van der Waals surface area (Å²) in [5.41, 5.74) is -0.628. The molecule has 166 valence electrons. The monoisotopic (exact) mass is 448 g/mol. The molecule has 1 atom stereocenters. The maximum Gasteiger partial charge on any atom is 0.352 e. The fraction of sp³-hybridized carbons (Fsp3) is 0.476. The molecule has 1 aliphatic heterocycles. The van der Waals surface area contributed by atoms with Gasteiger partial charge in [-0.2, -0.15) is 9.78 Å². The third kappa shape index (κ3) is 4.56. The minimum Gasteiger partial charge on any atom is -0.466 e. The highest BCUT2D eigenvalue weighted by molar-refractivity contribution is 6.31. The maximum absolute atomic E-state index is 13.2. The van der Waals surface area contributed by atoms with Crippen molar-refractivity contribution in [3.8, 4) is 5.69 Å². The topological polar surface area (TPSA) is 104 Å². The Morgan fingerprint density at radius 2 is 2.00 bits per heavy atom. The SMILES string of the molecule is CCOC(=O)C1CCCN(C(=O)c2nn(-c3ccc(C)c(Cl)c3)c(=O)n(CC)c2=O)C1. The van der Waals surface area contributed by atoms with Crippen molar-refractivity contribution in [1.29, 1.82) is 0 Å². The summed E-state index contributed by atoms with van der Waals surface area (Å²) in [5.74, 6) is -1.43. The van der Waals surface area contributed by atoms with Gasteiger partial charge in [0.05, 0.1) is 18.2 Å². The molecule has 10 heteroatoms. The van der Waals surface area contributed by atoms with Crippen molar-refractivity contribution < 1.29 is 14.3 Å². The predicted molar refractivity (Wildman–Crippen MR) is 115 cm³/mol. The lowest BCUT2D eigenvalue weighted by Gasteiger charge is -2.31. The molecule has 9 nitrogen and oxygen atoms in total. The van der Waals surface area contributed by atoms with E-state index in [-0.39, 0.29) is 31.4 Å². The zero-order valence-corrected chi connectivity index (χ0v) is 18.5. The molecule has 1 saturated heterocycles. The largest absolute Gasteiger partial charge is 0.466 e. The average Bonchev–Trinajstić information content (AvgIpc) is 2.76. The van der Waals surface area contributed by atoms with E-state index in [9.17, 15) is 19.2 Å². The van der Waals surface area contributed by atoms with Gasteiger partial charge in [-0.15, -0.1) is 0 Å². The molecular weight excluding hydrogens is 424 g/mol. The zero-order chi connectivity index (χ0) is 22.7. The van der Waals surface area contributed by atoms with Crippen molar-refractivity contribution in [2.45, 2.75) is 40.2 Å². The van der Waals surface area contributed by atoms with Gasteiger partial charge < -0.3 is 9.64 Å². The van der Waals surface area contributed by atoms with Gasteiger partial charge in [-0.1, -0.05) is 17.7 Å². The van der Waals surface area contributed by atoms with Crippen LogP contribution in [-0.4, -0.2) is 50.8 Å². The average molecular weight is 449 g/mol. The van der Waals surface area contributed by atoms with Crippen molar-refractivity contribution >= 4 is 23.5 Å². The van der Waals surface area contributed by atoms with E-state index in [1.807, 2.05) is 6.92 Å². The first-order valence-corrected chi connectivity index (χ1v) is 10.6. The summed E-state index contributed by atoms with van der Waals surface area (Å²) in [7, 11) is 0. The summed E-state index contributed by atoms with van der Waals surface area (Å²) in [4.78, 5) is 52.4. The molecular formula is C21H25ClN4O5. The highest BCUT2D eigenvalue weighted by Crippen LogP contribution is 2.20. The summed E-state index contributed by atoms with van der Waals surface area (Å²) < 4.78 is 7.04. The molecule has 1 aliphatic rings. The number of hydrogen-bond acceptors (Lipinski definition) is 6. The first kappa shape index (κ1) is 22.7. The number of piperidine rings is 1. The lowest BCUT2D eigenvalue weighted by molar-refractivity contribution is -0.149. The van der Waals surface area contributed by atoms with Crippen LogP contribution in [0.2, 0.25) is 5.02 Å². The number of amides is 1. The second-order valence-electron chi connectivity index (χ2n) is 7.37. The molecule has 0 N–H and O–H groups in total. The van der Waals surface area contributed by atoms with Crippen molar-refractivity contribution in [2.75, 3.05) is 19.7 Å². The van der Waals surface area contributed by atoms with E-state index >= 15 is 0 Å². The highest BCUT2D eigenvalue weighted by atomic mass is 35.5. The van der Waals surface area contributed by atoms with Crippen LogP contribution in [0.5, 0.6) is 0 Å². The van der Waals surface area contributed by atoms with E-state index < -0.39 is 23.1 Å². The number of carbonyl (C=O) groups excluding carboxylic acids is 2. The Labute approximate surface area is 184 Å². The lowest BCUT2D eigenvalue weighted by atomic mass is 9.98. The number of nitrogens with zero attached hydrogens (tertiary/aromatic N) is 4. The van der Waals surface area contributed by atoms with Crippen LogP contribution in [0.1, 0.15) is 42.7 Å². The number of esters is 1. The van der Waals surface area contributed by atoms with E-state index in [1.54, 1.807) is 32.0 Å². The molecule has 1 aromatic heterocycles. The van der Waals surface area contributed by atoms with Crippen molar-refractivity contribution in [3.05, 3.63) is 55.3 Å². The Morgan fingerprint density at radius 3 is 2.65 bits per heavy atom. The minimum absolute atomic E-state index is 0.0749. The number of likely N-dealkylation sites (tertiary alicyclic amines) is 1. The molecule has 0 radical (unpaired) electrons. The third-order valence-corrected chi connectivity index (χ3v) is 5.71. The molecule has 2 heterocycles. The van der Waals surface area contributed by atoms with Gasteiger partial charge >= 0.3 is 11.7 Å². The summed E-state index contributed by atoms with van der Waals surface area (Å²) in [5, 5.41) is 4.54. The zero-order valence-electron chi connectivity index (χ0n) is 17.8. The van der Waals surface area contributed by atoms with Gasteiger partial charge in [-0.05, 0) is 51.3 Å². The van der Waals surface area contributed by atoms with E-state index in [0.29, 0.717) is 30.1 Å². The first-order chi connectivity index (χ1) is 14.8. The second-order valence-corrected chi connectivity index (χ2v) is 7.78. The number of benzene rings is 1. The molecule has 0 saturated carbocycles. The number of aromatic nitrogens is 3. The molecule has 0 aliphatic carbocycles. The molecule has 1 unspecified atom stereocenters. The van der Waals surface area contributed by atoms with Gasteiger partial charge in [0.2, 0.25) is 5.69 Å². The smallest absolute Gasteiger partial charge is 0.352 e. The fourth-order valence-electron chi connectivity index (χ4n) is 3.57. The third-order valence-electron chi connectivity index (χ3n) is 5.31. The van der Waals surface area contributed by atoms with Crippen LogP contribution in [-0.2, 0) is 16.1 Å². The fourth-order valence-corrected chi connectivity index (χ4v) is 3.75. The Kier molecular flexibility index (Phi) is 6.94. The Morgan fingerprint density at radius 1 is 1.26 bits per heavy atom. The normalized spacial score (nSPS) is 16.3. The van der Waals surface area contributed by atoms with Gasteiger partial charge in [0.15, 0.2) is 0 Å². The van der Waals surface area contributed by atoms with E-state index in [2.05, 4.69) is 5.10 Å². The molecule has 3 rings (SSSR count). The van der Waals surface area contributed by atoms with E-state index in [0.717, 1.165) is 14.8 Å². The van der Waals surface area contributed by atoms with Crippen LogP contribution >= 0.6 is 11.6 Å². The number of carbonyl (C=O) groups is 2. The molecule has 1 amide bonds. The Bertz CT molecular complexity index is 1120. The van der Waals surface area contributed by atoms with Gasteiger partial charge in [0.1, 0.15) is 0 Å². The lowest BCUT2D eigenvalue weighted by Crippen LogP contribution is -2.49. The maximum atomic E-state index is 13.2. The molecule has 1 aromatic carbocycles. The van der Waals surface area contributed by atoms with Crippen LogP contribution in [0, 0.1) is 12.8 Å². The van der Waals surface area contributed by atoms with Crippen molar-refractivity contribution in [2.24, 2.45) is 5.92 Å². The van der Waals surface area contributed by atoms with Crippen molar-refractivity contribution in [1.82, 2.24) is 19.2 Å². The highest BCUT2D eigenvalue weighted by Gasteiger charge is 2.32. The minimum atomic E-state index is -0.759. The number of ether oxygens (including phenoxy) is 1. The molecule has 31 heavy (non-hydrogen) atoms. The summed E-state index contributed by atoms with van der Waals surface area (Å²) >= 11 is 6.19. The van der Waals surface area contributed by atoms with Gasteiger partial charge in [0.25, 0.3) is 11.5 Å².